The van der Waals surface area contributed by atoms with Gasteiger partial charge in [-0.2, -0.15) is 0 Å². The van der Waals surface area contributed by atoms with E-state index in [1.807, 2.05) is 27.7 Å². The summed E-state index contributed by atoms with van der Waals surface area (Å²) in [7, 11) is 0. The van der Waals surface area contributed by atoms with Crippen LogP contribution in [0.2, 0.25) is 0 Å². The minimum absolute atomic E-state index is 0.195. The van der Waals surface area contributed by atoms with Crippen molar-refractivity contribution in [3.63, 3.8) is 0 Å². The average molecular weight is 503 g/mol. The van der Waals surface area contributed by atoms with Crippen molar-refractivity contribution >= 4 is 5.97 Å². The van der Waals surface area contributed by atoms with Gasteiger partial charge in [0.25, 0.3) is 0 Å². The van der Waals surface area contributed by atoms with E-state index >= 15 is 0 Å². The lowest BCUT2D eigenvalue weighted by Gasteiger charge is -2.43. The van der Waals surface area contributed by atoms with Gasteiger partial charge >= 0.3 is 5.97 Å². The second-order valence-electron chi connectivity index (χ2n) is 12.3. The van der Waals surface area contributed by atoms with Gasteiger partial charge in [-0.15, -0.1) is 0 Å². The van der Waals surface area contributed by atoms with Crippen LogP contribution in [-0.2, 0) is 16.0 Å². The molecule has 4 atom stereocenters. The number of carbonyl (C=O) groups excluding carboxylic acids is 1. The number of hydrogen-bond donors (Lipinski definition) is 1. The van der Waals surface area contributed by atoms with Gasteiger partial charge in [0.2, 0.25) is 0 Å². The Morgan fingerprint density at radius 3 is 2.06 bits per heavy atom. The molecule has 1 aliphatic rings. The second-order valence-corrected chi connectivity index (χ2v) is 12.3. The topological polar surface area (TPSA) is 55.8 Å². The summed E-state index contributed by atoms with van der Waals surface area (Å²) in [5, 5.41) is 10.6. The zero-order valence-electron chi connectivity index (χ0n) is 24.8. The second kappa shape index (κ2) is 13.7. The molecule has 2 rings (SSSR count). The molecule has 4 nitrogen and oxygen atoms in total. The lowest BCUT2D eigenvalue weighted by atomic mass is 9.81. The molecule has 1 unspecified atom stereocenters. The molecule has 1 heterocycles. The summed E-state index contributed by atoms with van der Waals surface area (Å²) in [5.74, 6) is 3.33. The van der Waals surface area contributed by atoms with Crippen molar-refractivity contribution in [2.45, 2.75) is 145 Å². The summed E-state index contributed by atoms with van der Waals surface area (Å²) in [5.41, 5.74) is 3.08. The van der Waals surface area contributed by atoms with Gasteiger partial charge in [-0.05, 0) is 75.0 Å². The molecule has 0 radical (unpaired) electrons. The normalized spacial score (nSPS) is 21.1. The van der Waals surface area contributed by atoms with Crippen LogP contribution in [0.1, 0.15) is 128 Å². The summed E-state index contributed by atoms with van der Waals surface area (Å²) >= 11 is 0. The van der Waals surface area contributed by atoms with Crippen LogP contribution in [0.4, 0.5) is 0 Å². The number of fused-ring (bicyclic) bond motifs is 1. The Balaban J connectivity index is 1.97. The molecule has 0 amide bonds. The molecular formula is C32H54O4. The predicted molar refractivity (Wildman–Crippen MR) is 150 cm³/mol. The molecule has 0 saturated heterocycles. The molecule has 0 fully saturated rings. The Hall–Kier alpha value is -1.71. The fraction of sp³-hybridized carbons (Fsp3) is 0.781. The number of esters is 1. The molecule has 0 spiro atoms. The van der Waals surface area contributed by atoms with Gasteiger partial charge in [-0.1, -0.05) is 79.6 Å². The average Bonchev–Trinajstić information content (AvgIpc) is 2.82. The Bertz CT molecular complexity index is 858. The van der Waals surface area contributed by atoms with Crippen molar-refractivity contribution in [3.8, 4) is 11.5 Å². The van der Waals surface area contributed by atoms with Crippen LogP contribution in [0.5, 0.6) is 11.5 Å². The molecule has 36 heavy (non-hydrogen) atoms. The Morgan fingerprint density at radius 2 is 1.50 bits per heavy atom. The molecule has 0 bridgehead atoms. The van der Waals surface area contributed by atoms with Gasteiger partial charge in [0, 0.05) is 18.4 Å². The van der Waals surface area contributed by atoms with E-state index in [2.05, 4.69) is 34.6 Å². The van der Waals surface area contributed by atoms with Crippen LogP contribution in [-0.4, -0.2) is 22.8 Å². The van der Waals surface area contributed by atoms with Crippen molar-refractivity contribution in [2.24, 2.45) is 17.8 Å². The van der Waals surface area contributed by atoms with E-state index in [9.17, 15) is 9.90 Å². The van der Waals surface area contributed by atoms with Gasteiger partial charge in [-0.25, -0.2) is 0 Å². The Kier molecular flexibility index (Phi) is 11.6. The molecule has 206 valence electrons. The summed E-state index contributed by atoms with van der Waals surface area (Å²) < 4.78 is 12.6. The van der Waals surface area contributed by atoms with E-state index < -0.39 is 5.60 Å². The van der Waals surface area contributed by atoms with Gasteiger partial charge in [0.15, 0.2) is 0 Å². The number of phenolic OH excluding ortho intramolecular Hbond substituents is 1. The van der Waals surface area contributed by atoms with Gasteiger partial charge in [-0.3, -0.25) is 4.79 Å². The van der Waals surface area contributed by atoms with Gasteiger partial charge in [0.05, 0.1) is 0 Å². The molecular weight excluding hydrogens is 448 g/mol. The van der Waals surface area contributed by atoms with E-state index in [1.165, 1.54) is 38.5 Å². The van der Waals surface area contributed by atoms with E-state index in [-0.39, 0.29) is 12.1 Å². The first-order chi connectivity index (χ1) is 16.9. The van der Waals surface area contributed by atoms with Crippen LogP contribution in [0.15, 0.2) is 0 Å². The first-order valence-corrected chi connectivity index (χ1v) is 14.6. The van der Waals surface area contributed by atoms with Crippen LogP contribution < -0.4 is 4.74 Å². The minimum atomic E-state index is -0.566. The van der Waals surface area contributed by atoms with Crippen LogP contribution in [0, 0.1) is 38.5 Å². The molecule has 0 aliphatic carbocycles. The number of hydrogen-bond acceptors (Lipinski definition) is 4. The third kappa shape index (κ3) is 8.15. The number of carbonyl (C=O) groups is 1. The molecule has 0 saturated carbocycles. The molecule has 1 N–H and O–H groups in total. The lowest BCUT2D eigenvalue weighted by molar-refractivity contribution is -0.163. The van der Waals surface area contributed by atoms with E-state index in [0.29, 0.717) is 24.5 Å². The van der Waals surface area contributed by atoms with Crippen molar-refractivity contribution in [2.75, 3.05) is 0 Å². The number of benzene rings is 1. The monoisotopic (exact) mass is 502 g/mol. The number of ether oxygens (including phenoxy) is 2. The number of phenols is 1. The highest BCUT2D eigenvalue weighted by atomic mass is 16.6. The SMILES string of the molecule is CCC(=O)OC1Cc2c(C)c(O)c(C)c(C)c2O[C@@]1(C)CCC[C@H](C)CCC[C@@H](C)CCCC(C)C. The molecule has 4 heteroatoms. The van der Waals surface area contributed by atoms with Crippen LogP contribution >= 0.6 is 0 Å². The molecule has 1 aliphatic heterocycles. The third-order valence-corrected chi connectivity index (χ3v) is 8.55. The number of rotatable bonds is 14. The maximum Gasteiger partial charge on any atom is 0.305 e. The minimum Gasteiger partial charge on any atom is -0.507 e. The highest BCUT2D eigenvalue weighted by molar-refractivity contribution is 5.69. The summed E-state index contributed by atoms with van der Waals surface area (Å²) in [6, 6.07) is 0. The zero-order valence-corrected chi connectivity index (χ0v) is 24.8. The number of aromatic hydroxyl groups is 1. The summed E-state index contributed by atoms with van der Waals surface area (Å²) in [4.78, 5) is 12.3. The Morgan fingerprint density at radius 1 is 0.944 bits per heavy atom. The van der Waals surface area contributed by atoms with E-state index in [1.54, 1.807) is 0 Å². The quantitative estimate of drug-likeness (QED) is 0.258. The van der Waals surface area contributed by atoms with E-state index in [0.717, 1.165) is 59.1 Å². The smallest absolute Gasteiger partial charge is 0.305 e. The molecule has 0 aromatic heterocycles. The summed E-state index contributed by atoms with van der Waals surface area (Å²) in [6.07, 6.45) is 11.6. The van der Waals surface area contributed by atoms with Crippen molar-refractivity contribution in [3.05, 3.63) is 22.3 Å². The van der Waals surface area contributed by atoms with E-state index in [4.69, 9.17) is 9.47 Å². The highest BCUT2D eigenvalue weighted by Crippen LogP contribution is 2.45. The van der Waals surface area contributed by atoms with Crippen molar-refractivity contribution < 1.29 is 19.4 Å². The third-order valence-electron chi connectivity index (χ3n) is 8.55. The largest absolute Gasteiger partial charge is 0.507 e. The lowest BCUT2D eigenvalue weighted by Crippen LogP contribution is -2.51. The van der Waals surface area contributed by atoms with Crippen LogP contribution in [0.25, 0.3) is 0 Å². The van der Waals surface area contributed by atoms with Gasteiger partial charge in [0.1, 0.15) is 23.2 Å². The Labute approximate surface area is 221 Å². The highest BCUT2D eigenvalue weighted by Gasteiger charge is 2.44. The van der Waals surface area contributed by atoms with Crippen LogP contribution in [0.3, 0.4) is 0 Å². The standard InChI is InChI=1S/C32H54O4/c1-10-29(33)35-28-20-27-26(8)30(34)24(6)25(7)31(27)36-32(28,9)19-13-18-23(5)17-12-16-22(4)15-11-14-21(2)3/h21-23,28,34H,10-20H2,1-9H3/t22-,23+,28?,32-/m0/s1. The maximum atomic E-state index is 12.3. The maximum absolute atomic E-state index is 12.3. The van der Waals surface area contributed by atoms with Crippen molar-refractivity contribution in [1.82, 2.24) is 0 Å². The predicted octanol–water partition coefficient (Wildman–Crippen LogP) is 8.77. The fourth-order valence-electron chi connectivity index (χ4n) is 5.65. The van der Waals surface area contributed by atoms with Gasteiger partial charge < -0.3 is 14.6 Å². The first kappa shape index (κ1) is 30.5. The fourth-order valence-corrected chi connectivity index (χ4v) is 5.65. The van der Waals surface area contributed by atoms with Crippen molar-refractivity contribution in [1.29, 1.82) is 0 Å². The first-order valence-electron chi connectivity index (χ1n) is 14.6. The molecule has 1 aromatic carbocycles. The molecule has 1 aromatic rings. The summed E-state index contributed by atoms with van der Waals surface area (Å²) in [6.45, 7) is 19.2. The zero-order chi connectivity index (χ0) is 27.0.